The van der Waals surface area contributed by atoms with E-state index >= 15 is 0 Å². The summed E-state index contributed by atoms with van der Waals surface area (Å²) in [5, 5.41) is 13.5. The van der Waals surface area contributed by atoms with Crippen molar-refractivity contribution >= 4 is 0 Å². The van der Waals surface area contributed by atoms with Crippen molar-refractivity contribution in [1.82, 2.24) is 10.2 Å². The van der Waals surface area contributed by atoms with E-state index in [4.69, 9.17) is 9.47 Å². The van der Waals surface area contributed by atoms with E-state index in [1.54, 1.807) is 7.11 Å². The molecule has 5 nitrogen and oxygen atoms in total. The van der Waals surface area contributed by atoms with Crippen LogP contribution in [-0.4, -0.2) is 56.0 Å². The molecule has 0 saturated heterocycles. The van der Waals surface area contributed by atoms with Gasteiger partial charge in [-0.05, 0) is 51.6 Å². The van der Waals surface area contributed by atoms with Gasteiger partial charge >= 0.3 is 0 Å². The van der Waals surface area contributed by atoms with E-state index in [-0.39, 0.29) is 6.61 Å². The number of hydrogen-bond acceptors (Lipinski definition) is 5. The van der Waals surface area contributed by atoms with Crippen molar-refractivity contribution in [2.75, 3.05) is 33.9 Å². The summed E-state index contributed by atoms with van der Waals surface area (Å²) in [5.74, 6) is 1.37. The predicted octanol–water partition coefficient (Wildman–Crippen LogP) is 2.66. The minimum absolute atomic E-state index is 0.252. The Kier molecular flexibility index (Phi) is 9.76. The van der Waals surface area contributed by atoms with Crippen molar-refractivity contribution in [2.45, 2.75) is 52.3 Å². The number of ether oxygens (including phenoxy) is 2. The van der Waals surface area contributed by atoms with Gasteiger partial charge in [0.2, 0.25) is 0 Å². The Balaban J connectivity index is 2.52. The molecule has 2 N–H and O–H groups in total. The van der Waals surface area contributed by atoms with Gasteiger partial charge in [-0.25, -0.2) is 0 Å². The highest BCUT2D eigenvalue weighted by molar-refractivity contribution is 5.43. The van der Waals surface area contributed by atoms with E-state index in [2.05, 4.69) is 31.0 Å². The third-order valence-electron chi connectivity index (χ3n) is 4.08. The van der Waals surface area contributed by atoms with Crippen LogP contribution in [-0.2, 0) is 6.54 Å². The summed E-state index contributed by atoms with van der Waals surface area (Å²) >= 11 is 0. The molecular formula is C19H34N2O3. The van der Waals surface area contributed by atoms with Gasteiger partial charge in [-0.15, -0.1) is 0 Å². The van der Waals surface area contributed by atoms with Gasteiger partial charge in [0.15, 0.2) is 11.5 Å². The van der Waals surface area contributed by atoms with Gasteiger partial charge in [0, 0.05) is 19.1 Å². The van der Waals surface area contributed by atoms with E-state index < -0.39 is 6.10 Å². The highest BCUT2D eigenvalue weighted by Gasteiger charge is 2.13. The Morgan fingerprint density at radius 2 is 2.00 bits per heavy atom. The molecule has 1 aromatic rings. The van der Waals surface area contributed by atoms with E-state index in [1.165, 1.54) is 12.8 Å². The third kappa shape index (κ3) is 7.51. The zero-order chi connectivity index (χ0) is 17.9. The topological polar surface area (TPSA) is 54.0 Å². The summed E-state index contributed by atoms with van der Waals surface area (Å²) in [4.78, 5) is 2.09. The molecule has 5 heteroatoms. The first-order chi connectivity index (χ1) is 11.5. The van der Waals surface area contributed by atoms with Gasteiger partial charge in [0.25, 0.3) is 0 Å². The van der Waals surface area contributed by atoms with Crippen molar-refractivity contribution in [1.29, 1.82) is 0 Å². The Bertz CT molecular complexity index is 466. The molecule has 1 aromatic carbocycles. The molecule has 138 valence electrons. The highest BCUT2D eigenvalue weighted by Crippen LogP contribution is 2.28. The van der Waals surface area contributed by atoms with Crippen LogP contribution in [0.15, 0.2) is 18.2 Å². The van der Waals surface area contributed by atoms with Gasteiger partial charge in [-0.2, -0.15) is 0 Å². The fourth-order valence-electron chi connectivity index (χ4n) is 2.26. The monoisotopic (exact) mass is 338 g/mol. The van der Waals surface area contributed by atoms with E-state index in [0.29, 0.717) is 24.1 Å². The number of nitrogens with one attached hydrogen (secondary N) is 1. The second-order valence-corrected chi connectivity index (χ2v) is 6.51. The Labute approximate surface area is 147 Å². The lowest BCUT2D eigenvalue weighted by atomic mass is 10.2. The zero-order valence-electron chi connectivity index (χ0n) is 15.8. The molecule has 0 fully saturated rings. The summed E-state index contributed by atoms with van der Waals surface area (Å²) in [6.45, 7) is 9.06. The number of aliphatic hydroxyl groups is 1. The van der Waals surface area contributed by atoms with Crippen LogP contribution in [0.5, 0.6) is 11.5 Å². The number of benzene rings is 1. The Hall–Kier alpha value is -1.30. The van der Waals surface area contributed by atoms with E-state index in [1.807, 2.05) is 25.2 Å². The lowest BCUT2D eigenvalue weighted by Gasteiger charge is -2.24. The largest absolute Gasteiger partial charge is 0.493 e. The molecule has 0 aliphatic carbocycles. The maximum atomic E-state index is 10.1. The lowest BCUT2D eigenvalue weighted by molar-refractivity contribution is 0.0668. The fourth-order valence-corrected chi connectivity index (χ4v) is 2.26. The van der Waals surface area contributed by atoms with Gasteiger partial charge in [-0.1, -0.05) is 19.4 Å². The average molecular weight is 338 g/mol. The fraction of sp³-hybridized carbons (Fsp3) is 0.684. The lowest BCUT2D eigenvalue weighted by Crippen LogP contribution is -2.36. The SMILES string of the molecule is CCCCNCc1ccc(OCC(O)CN(C)C(C)C)c(OC)c1. The van der Waals surface area contributed by atoms with E-state index in [0.717, 1.165) is 18.7 Å². The number of methoxy groups -OCH3 is 1. The maximum absolute atomic E-state index is 10.1. The molecule has 0 aliphatic rings. The number of hydrogen-bond donors (Lipinski definition) is 2. The Morgan fingerprint density at radius 1 is 1.25 bits per heavy atom. The predicted molar refractivity (Wildman–Crippen MR) is 98.9 cm³/mol. The minimum atomic E-state index is -0.530. The maximum Gasteiger partial charge on any atom is 0.161 e. The third-order valence-corrected chi connectivity index (χ3v) is 4.08. The molecule has 0 aliphatic heterocycles. The summed E-state index contributed by atoms with van der Waals surface area (Å²) in [7, 11) is 3.63. The molecule has 0 heterocycles. The van der Waals surface area contributed by atoms with E-state index in [9.17, 15) is 5.11 Å². The van der Waals surface area contributed by atoms with Crippen LogP contribution in [0.4, 0.5) is 0 Å². The summed E-state index contributed by atoms with van der Waals surface area (Å²) in [5.41, 5.74) is 1.16. The van der Waals surface area contributed by atoms with Crippen LogP contribution >= 0.6 is 0 Å². The molecule has 1 atom stereocenters. The summed E-state index contributed by atoms with van der Waals surface area (Å²) in [6.07, 6.45) is 1.84. The van der Waals surface area contributed by atoms with Crippen LogP contribution in [0.25, 0.3) is 0 Å². The molecular weight excluding hydrogens is 304 g/mol. The Morgan fingerprint density at radius 3 is 2.62 bits per heavy atom. The summed E-state index contributed by atoms with van der Waals surface area (Å²) < 4.78 is 11.2. The normalized spacial score (nSPS) is 12.7. The second-order valence-electron chi connectivity index (χ2n) is 6.51. The molecule has 24 heavy (non-hydrogen) atoms. The number of nitrogens with zero attached hydrogens (tertiary/aromatic N) is 1. The average Bonchev–Trinajstić information content (AvgIpc) is 2.57. The van der Waals surface area contributed by atoms with Crippen LogP contribution in [0.3, 0.4) is 0 Å². The van der Waals surface area contributed by atoms with Crippen molar-refractivity contribution in [3.8, 4) is 11.5 Å². The van der Waals surface area contributed by atoms with Crippen molar-refractivity contribution in [3.63, 3.8) is 0 Å². The first-order valence-corrected chi connectivity index (χ1v) is 8.86. The van der Waals surface area contributed by atoms with Crippen molar-refractivity contribution in [3.05, 3.63) is 23.8 Å². The number of rotatable bonds is 12. The molecule has 0 saturated carbocycles. The van der Waals surface area contributed by atoms with Crippen LogP contribution in [0.2, 0.25) is 0 Å². The van der Waals surface area contributed by atoms with Gasteiger partial charge in [0.1, 0.15) is 12.7 Å². The van der Waals surface area contributed by atoms with Gasteiger partial charge in [0.05, 0.1) is 7.11 Å². The number of unbranched alkanes of at least 4 members (excludes halogenated alkanes) is 1. The van der Waals surface area contributed by atoms with Gasteiger partial charge in [-0.3, -0.25) is 0 Å². The standard InChI is InChI=1S/C19H34N2O3/c1-6-7-10-20-12-16-8-9-18(19(11-16)23-5)24-14-17(22)13-21(4)15(2)3/h8-9,11,15,17,20,22H,6-7,10,12-14H2,1-5H3. The molecule has 0 spiro atoms. The van der Waals surface area contributed by atoms with Crippen molar-refractivity contribution < 1.29 is 14.6 Å². The first-order valence-electron chi connectivity index (χ1n) is 8.86. The number of aliphatic hydroxyl groups excluding tert-OH is 1. The number of likely N-dealkylation sites (N-methyl/N-ethyl adjacent to an activating group) is 1. The highest BCUT2D eigenvalue weighted by atomic mass is 16.5. The molecule has 1 unspecified atom stereocenters. The molecule has 0 amide bonds. The summed E-state index contributed by atoms with van der Waals surface area (Å²) in [6, 6.07) is 6.33. The first kappa shape index (κ1) is 20.7. The second kappa shape index (κ2) is 11.3. The van der Waals surface area contributed by atoms with Crippen LogP contribution in [0, 0.1) is 0 Å². The smallest absolute Gasteiger partial charge is 0.161 e. The van der Waals surface area contributed by atoms with Crippen LogP contribution in [0.1, 0.15) is 39.2 Å². The van der Waals surface area contributed by atoms with Gasteiger partial charge < -0.3 is 24.8 Å². The van der Waals surface area contributed by atoms with Crippen LogP contribution < -0.4 is 14.8 Å². The molecule has 0 bridgehead atoms. The minimum Gasteiger partial charge on any atom is -0.493 e. The quantitative estimate of drug-likeness (QED) is 0.574. The van der Waals surface area contributed by atoms with Crippen molar-refractivity contribution in [2.24, 2.45) is 0 Å². The molecule has 0 radical (unpaired) electrons. The molecule has 0 aromatic heterocycles. The molecule has 1 rings (SSSR count). The zero-order valence-corrected chi connectivity index (χ0v) is 15.8.